The number of carbonyl (C=O) groups is 1. The van der Waals surface area contributed by atoms with Gasteiger partial charge in [-0.05, 0) is 22.0 Å². The second-order valence-corrected chi connectivity index (χ2v) is 5.78. The van der Waals surface area contributed by atoms with Crippen molar-refractivity contribution in [1.82, 2.24) is 9.88 Å². The number of hydrogen-bond acceptors (Lipinski definition) is 4. The summed E-state index contributed by atoms with van der Waals surface area (Å²) < 4.78 is 2.41. The second kappa shape index (κ2) is 5.54. The summed E-state index contributed by atoms with van der Waals surface area (Å²) in [5.41, 5.74) is 0.175. The lowest BCUT2D eigenvalue weighted by atomic mass is 10.3. The van der Waals surface area contributed by atoms with Gasteiger partial charge in [0.2, 0.25) is 0 Å². The van der Waals surface area contributed by atoms with Gasteiger partial charge in [-0.3, -0.25) is 14.9 Å². The molecular weight excluding hydrogens is 334 g/mol. The first-order valence-electron chi connectivity index (χ1n) is 5.29. The molecule has 0 aliphatic heterocycles. The zero-order chi connectivity index (χ0) is 14.0. The highest BCUT2D eigenvalue weighted by atomic mass is 79.9. The van der Waals surface area contributed by atoms with E-state index in [1.54, 1.807) is 7.05 Å². The van der Waals surface area contributed by atoms with Gasteiger partial charge >= 0.3 is 0 Å². The summed E-state index contributed by atoms with van der Waals surface area (Å²) in [6.07, 6.45) is 1.32. The normalized spacial score (nSPS) is 10.4. The van der Waals surface area contributed by atoms with E-state index in [9.17, 15) is 14.9 Å². The molecule has 1 N–H and O–H groups in total. The summed E-state index contributed by atoms with van der Waals surface area (Å²) in [5, 5.41) is 15.3. The van der Waals surface area contributed by atoms with E-state index >= 15 is 0 Å². The number of aryl methyl sites for hydroxylation is 1. The van der Waals surface area contributed by atoms with Gasteiger partial charge in [-0.15, -0.1) is 11.3 Å². The maximum Gasteiger partial charge on any atom is 0.287 e. The van der Waals surface area contributed by atoms with Crippen LogP contribution in [-0.4, -0.2) is 15.4 Å². The minimum Gasteiger partial charge on any atom is -0.346 e. The third-order valence-electron chi connectivity index (χ3n) is 2.48. The van der Waals surface area contributed by atoms with Crippen LogP contribution >= 0.6 is 27.3 Å². The Morgan fingerprint density at radius 1 is 1.58 bits per heavy atom. The molecule has 0 aliphatic carbocycles. The first-order chi connectivity index (χ1) is 8.97. The summed E-state index contributed by atoms with van der Waals surface area (Å²) in [6, 6.07) is 3.18. The van der Waals surface area contributed by atoms with Gasteiger partial charge in [-0.1, -0.05) is 0 Å². The molecule has 0 radical (unpaired) electrons. The van der Waals surface area contributed by atoms with Crippen LogP contribution in [0.5, 0.6) is 0 Å². The maximum absolute atomic E-state index is 11.9. The molecule has 0 spiro atoms. The van der Waals surface area contributed by atoms with E-state index in [2.05, 4.69) is 21.2 Å². The van der Waals surface area contributed by atoms with E-state index in [4.69, 9.17) is 0 Å². The molecule has 0 saturated heterocycles. The number of hydrogen-bond donors (Lipinski definition) is 1. The van der Waals surface area contributed by atoms with Crippen molar-refractivity contribution in [2.75, 3.05) is 0 Å². The van der Waals surface area contributed by atoms with Crippen LogP contribution in [0.4, 0.5) is 5.69 Å². The van der Waals surface area contributed by atoms with Crippen molar-refractivity contribution in [2.24, 2.45) is 7.05 Å². The number of carbonyl (C=O) groups excluding carboxylic acids is 1. The Morgan fingerprint density at radius 2 is 2.32 bits per heavy atom. The maximum atomic E-state index is 11.9. The van der Waals surface area contributed by atoms with Gasteiger partial charge in [0.05, 0.1) is 17.7 Å². The van der Waals surface area contributed by atoms with E-state index in [1.807, 2.05) is 11.4 Å². The largest absolute Gasteiger partial charge is 0.346 e. The molecule has 0 saturated carbocycles. The summed E-state index contributed by atoms with van der Waals surface area (Å²) in [4.78, 5) is 23.0. The van der Waals surface area contributed by atoms with E-state index in [0.717, 1.165) is 9.35 Å². The van der Waals surface area contributed by atoms with Gasteiger partial charge in [0.15, 0.2) is 0 Å². The fraction of sp³-hybridized carbons (Fsp3) is 0.182. The third kappa shape index (κ3) is 3.21. The molecule has 0 aromatic carbocycles. The van der Waals surface area contributed by atoms with Crippen LogP contribution in [0.2, 0.25) is 0 Å². The summed E-state index contributed by atoms with van der Waals surface area (Å²) in [5.74, 6) is -0.333. The monoisotopic (exact) mass is 343 g/mol. The lowest BCUT2D eigenvalue weighted by molar-refractivity contribution is -0.384. The predicted octanol–water partition coefficient (Wildman–Crippen LogP) is 2.69. The topological polar surface area (TPSA) is 77.2 Å². The second-order valence-electron chi connectivity index (χ2n) is 3.87. The van der Waals surface area contributed by atoms with Crippen molar-refractivity contribution in [3.63, 3.8) is 0 Å². The Balaban J connectivity index is 2.05. The SMILES string of the molecule is Cn1cc([N+](=O)[O-])cc1C(=O)NCc1cc(Br)cs1. The highest BCUT2D eigenvalue weighted by molar-refractivity contribution is 9.10. The van der Waals surface area contributed by atoms with Gasteiger partial charge in [0.1, 0.15) is 5.69 Å². The minimum atomic E-state index is -0.521. The van der Waals surface area contributed by atoms with Crippen LogP contribution in [-0.2, 0) is 13.6 Å². The van der Waals surface area contributed by atoms with Crippen molar-refractivity contribution in [2.45, 2.75) is 6.54 Å². The molecule has 0 atom stereocenters. The smallest absolute Gasteiger partial charge is 0.287 e. The van der Waals surface area contributed by atoms with Gasteiger partial charge in [0.25, 0.3) is 11.6 Å². The zero-order valence-corrected chi connectivity index (χ0v) is 12.3. The Morgan fingerprint density at radius 3 is 2.84 bits per heavy atom. The van der Waals surface area contributed by atoms with Gasteiger partial charge < -0.3 is 9.88 Å². The highest BCUT2D eigenvalue weighted by Gasteiger charge is 2.17. The Kier molecular flexibility index (Phi) is 4.01. The van der Waals surface area contributed by atoms with Crippen LogP contribution < -0.4 is 5.32 Å². The number of nitrogens with one attached hydrogen (secondary N) is 1. The Labute approximate surface area is 121 Å². The van der Waals surface area contributed by atoms with Crippen LogP contribution in [0, 0.1) is 10.1 Å². The fourth-order valence-electron chi connectivity index (χ4n) is 1.58. The summed E-state index contributed by atoms with van der Waals surface area (Å²) >= 11 is 4.86. The molecule has 2 aromatic heterocycles. The van der Waals surface area contributed by atoms with Crippen LogP contribution in [0.3, 0.4) is 0 Å². The number of nitrogens with zero attached hydrogens (tertiary/aromatic N) is 2. The number of aromatic nitrogens is 1. The molecule has 0 fully saturated rings. The van der Waals surface area contributed by atoms with Gasteiger partial charge in [-0.2, -0.15) is 0 Å². The molecular formula is C11H10BrN3O3S. The fourth-order valence-corrected chi connectivity index (χ4v) is 2.97. The molecule has 6 nitrogen and oxygen atoms in total. The molecule has 19 heavy (non-hydrogen) atoms. The highest BCUT2D eigenvalue weighted by Crippen LogP contribution is 2.20. The third-order valence-corrected chi connectivity index (χ3v) is 4.18. The number of halogens is 1. The minimum absolute atomic E-state index is 0.0912. The zero-order valence-electron chi connectivity index (χ0n) is 9.92. The quantitative estimate of drug-likeness (QED) is 0.684. The first kappa shape index (κ1) is 13.8. The van der Waals surface area contributed by atoms with Crippen molar-refractivity contribution < 1.29 is 9.72 Å². The van der Waals surface area contributed by atoms with Crippen molar-refractivity contribution >= 4 is 38.9 Å². The standard InChI is InChI=1S/C11H10BrN3O3S/c1-14-5-8(15(17)18)3-10(14)11(16)13-4-9-2-7(12)6-19-9/h2-3,5-6H,4H2,1H3,(H,13,16). The molecule has 0 unspecified atom stereocenters. The molecule has 0 aliphatic rings. The van der Waals surface area contributed by atoms with Crippen molar-refractivity contribution in [1.29, 1.82) is 0 Å². The number of thiophene rings is 1. The van der Waals surface area contributed by atoms with Crippen molar-refractivity contribution in [3.8, 4) is 0 Å². The number of rotatable bonds is 4. The Hall–Kier alpha value is -1.67. The molecule has 2 rings (SSSR count). The van der Waals surface area contributed by atoms with Crippen LogP contribution in [0.25, 0.3) is 0 Å². The van der Waals surface area contributed by atoms with E-state index in [-0.39, 0.29) is 17.3 Å². The summed E-state index contributed by atoms with van der Waals surface area (Å²) in [7, 11) is 1.60. The summed E-state index contributed by atoms with van der Waals surface area (Å²) in [6.45, 7) is 0.397. The van der Waals surface area contributed by atoms with Crippen molar-refractivity contribution in [3.05, 3.63) is 48.9 Å². The lowest BCUT2D eigenvalue weighted by Crippen LogP contribution is -2.24. The number of nitro groups is 1. The average Bonchev–Trinajstić information content (AvgIpc) is 2.92. The Bertz CT molecular complexity index is 635. The molecule has 2 aromatic rings. The molecule has 1 amide bonds. The van der Waals surface area contributed by atoms with Gasteiger partial charge in [0, 0.05) is 27.8 Å². The number of amides is 1. The average molecular weight is 344 g/mol. The molecule has 0 bridgehead atoms. The lowest BCUT2D eigenvalue weighted by Gasteiger charge is -2.03. The molecule has 100 valence electrons. The van der Waals surface area contributed by atoms with Crippen LogP contribution in [0.15, 0.2) is 28.2 Å². The molecule has 8 heteroatoms. The molecule has 2 heterocycles. The van der Waals surface area contributed by atoms with Crippen LogP contribution in [0.1, 0.15) is 15.4 Å². The van der Waals surface area contributed by atoms with E-state index in [0.29, 0.717) is 6.54 Å². The first-order valence-corrected chi connectivity index (χ1v) is 6.96. The van der Waals surface area contributed by atoms with E-state index in [1.165, 1.54) is 28.2 Å². The predicted molar refractivity (Wildman–Crippen MR) is 75.3 cm³/mol. The van der Waals surface area contributed by atoms with E-state index < -0.39 is 4.92 Å². The van der Waals surface area contributed by atoms with Gasteiger partial charge in [-0.25, -0.2) is 0 Å².